The normalized spacial score (nSPS) is 27.2. The summed E-state index contributed by atoms with van der Waals surface area (Å²) in [5, 5.41) is 0. The molecule has 0 amide bonds. The fraction of sp³-hybridized carbons (Fsp3) is 0.562. The van der Waals surface area contributed by atoms with E-state index in [1.807, 2.05) is 25.1 Å². The molecule has 4 heteroatoms. The number of hydrogen-bond donors (Lipinski definition) is 0. The Morgan fingerprint density at radius 2 is 1.95 bits per heavy atom. The highest BCUT2D eigenvalue weighted by Crippen LogP contribution is 2.26. The third-order valence-corrected chi connectivity index (χ3v) is 3.95. The van der Waals surface area contributed by atoms with Crippen LogP contribution < -0.4 is 0 Å². The molecule has 3 atom stereocenters. The number of carbonyl (C=O) groups excluding carboxylic acids is 1. The third-order valence-electron chi connectivity index (χ3n) is 3.95. The number of rotatable bonds is 4. The number of likely N-dealkylation sites (tertiary alicyclic amines) is 1. The highest BCUT2D eigenvalue weighted by Gasteiger charge is 2.34. The van der Waals surface area contributed by atoms with Crippen molar-refractivity contribution in [2.45, 2.75) is 38.1 Å². The topological polar surface area (TPSA) is 38.8 Å². The quantitative estimate of drug-likeness (QED) is 0.789. The minimum Gasteiger partial charge on any atom is -0.458 e. The lowest BCUT2D eigenvalue weighted by molar-refractivity contribution is -0.0507. The molecule has 0 spiro atoms. The fourth-order valence-electron chi connectivity index (χ4n) is 3.07. The van der Waals surface area contributed by atoms with Crippen molar-refractivity contribution in [1.29, 1.82) is 0 Å². The Kier molecular flexibility index (Phi) is 4.03. The Bertz CT molecular complexity index is 450. The molecule has 108 valence electrons. The van der Waals surface area contributed by atoms with Crippen molar-refractivity contribution in [3.8, 4) is 0 Å². The first kappa shape index (κ1) is 13.6. The van der Waals surface area contributed by atoms with Gasteiger partial charge in [0.1, 0.15) is 6.10 Å². The van der Waals surface area contributed by atoms with E-state index in [0.29, 0.717) is 17.8 Å². The number of benzene rings is 1. The summed E-state index contributed by atoms with van der Waals surface area (Å²) in [5.74, 6) is -0.241. The van der Waals surface area contributed by atoms with Gasteiger partial charge in [-0.25, -0.2) is 4.79 Å². The van der Waals surface area contributed by atoms with Gasteiger partial charge in [-0.05, 0) is 31.9 Å². The van der Waals surface area contributed by atoms with Crippen molar-refractivity contribution in [3.63, 3.8) is 0 Å². The molecule has 0 unspecified atom stereocenters. The predicted octanol–water partition coefficient (Wildman–Crippen LogP) is 2.10. The van der Waals surface area contributed by atoms with Crippen LogP contribution in [0, 0.1) is 0 Å². The van der Waals surface area contributed by atoms with Gasteiger partial charge < -0.3 is 9.47 Å². The molecule has 1 aromatic rings. The molecule has 2 bridgehead atoms. The molecular weight excluding hydrogens is 254 g/mol. The van der Waals surface area contributed by atoms with Crippen molar-refractivity contribution < 1.29 is 14.3 Å². The summed E-state index contributed by atoms with van der Waals surface area (Å²) in [6.45, 7) is 4.67. The van der Waals surface area contributed by atoms with Crippen LogP contribution in [-0.4, -0.2) is 48.8 Å². The fourth-order valence-corrected chi connectivity index (χ4v) is 3.07. The number of hydrogen-bond acceptors (Lipinski definition) is 4. The Morgan fingerprint density at radius 1 is 1.30 bits per heavy atom. The smallest absolute Gasteiger partial charge is 0.338 e. The standard InChI is InChI=1S/C16H21NO3/c1-12(19-16(18)13-5-3-2-4-6-13)9-17-10-14-7-8-15(11-17)20-14/h2-6,12,14-15H,7-11H2,1H3/t12-,14-,15-/m0/s1. The van der Waals surface area contributed by atoms with Gasteiger partial charge in [-0.1, -0.05) is 18.2 Å². The van der Waals surface area contributed by atoms with Gasteiger partial charge in [0.15, 0.2) is 0 Å². The molecule has 0 N–H and O–H groups in total. The summed E-state index contributed by atoms with van der Waals surface area (Å²) in [7, 11) is 0. The molecule has 0 saturated carbocycles. The van der Waals surface area contributed by atoms with Crippen molar-refractivity contribution in [2.75, 3.05) is 19.6 Å². The van der Waals surface area contributed by atoms with Gasteiger partial charge in [-0.15, -0.1) is 0 Å². The Balaban J connectivity index is 1.50. The molecule has 2 fully saturated rings. The second kappa shape index (κ2) is 5.94. The van der Waals surface area contributed by atoms with Crippen LogP contribution in [0.2, 0.25) is 0 Å². The van der Waals surface area contributed by atoms with Crippen LogP contribution in [-0.2, 0) is 9.47 Å². The zero-order valence-electron chi connectivity index (χ0n) is 11.8. The zero-order chi connectivity index (χ0) is 13.9. The second-order valence-electron chi connectivity index (χ2n) is 5.76. The van der Waals surface area contributed by atoms with Crippen LogP contribution in [0.25, 0.3) is 0 Å². The first-order valence-corrected chi connectivity index (χ1v) is 7.34. The summed E-state index contributed by atoms with van der Waals surface area (Å²) in [6, 6.07) is 9.15. The summed E-state index contributed by atoms with van der Waals surface area (Å²) in [4.78, 5) is 14.3. The van der Waals surface area contributed by atoms with Gasteiger partial charge in [0.25, 0.3) is 0 Å². The van der Waals surface area contributed by atoms with E-state index in [2.05, 4.69) is 4.90 Å². The van der Waals surface area contributed by atoms with E-state index in [1.165, 1.54) is 12.8 Å². The number of ether oxygens (including phenoxy) is 2. The Morgan fingerprint density at radius 3 is 2.60 bits per heavy atom. The van der Waals surface area contributed by atoms with Crippen LogP contribution in [0.3, 0.4) is 0 Å². The molecular formula is C16H21NO3. The lowest BCUT2D eigenvalue weighted by atomic mass is 10.2. The van der Waals surface area contributed by atoms with Gasteiger partial charge in [0.05, 0.1) is 17.8 Å². The van der Waals surface area contributed by atoms with Crippen LogP contribution in [0.15, 0.2) is 30.3 Å². The molecule has 1 aromatic carbocycles. The number of morpholine rings is 1. The maximum Gasteiger partial charge on any atom is 0.338 e. The maximum absolute atomic E-state index is 12.0. The van der Waals surface area contributed by atoms with E-state index in [9.17, 15) is 4.79 Å². The lowest BCUT2D eigenvalue weighted by Gasteiger charge is -2.33. The van der Waals surface area contributed by atoms with Gasteiger partial charge in [-0.3, -0.25) is 4.90 Å². The maximum atomic E-state index is 12.0. The average Bonchev–Trinajstić information content (AvgIpc) is 2.78. The van der Waals surface area contributed by atoms with Crippen molar-refractivity contribution in [2.24, 2.45) is 0 Å². The highest BCUT2D eigenvalue weighted by atomic mass is 16.5. The van der Waals surface area contributed by atoms with E-state index < -0.39 is 0 Å². The van der Waals surface area contributed by atoms with Crippen LogP contribution in [0.1, 0.15) is 30.1 Å². The first-order valence-electron chi connectivity index (χ1n) is 7.34. The third kappa shape index (κ3) is 3.19. The van der Waals surface area contributed by atoms with Gasteiger partial charge >= 0.3 is 5.97 Å². The van der Waals surface area contributed by atoms with E-state index >= 15 is 0 Å². The molecule has 2 heterocycles. The number of fused-ring (bicyclic) bond motifs is 2. The van der Waals surface area contributed by atoms with Crippen molar-refractivity contribution in [1.82, 2.24) is 4.90 Å². The van der Waals surface area contributed by atoms with Crippen molar-refractivity contribution >= 4 is 5.97 Å². The average molecular weight is 275 g/mol. The molecule has 0 aromatic heterocycles. The molecule has 4 nitrogen and oxygen atoms in total. The second-order valence-corrected chi connectivity index (χ2v) is 5.76. The minimum absolute atomic E-state index is 0.0970. The minimum atomic E-state index is -0.241. The molecule has 2 aliphatic heterocycles. The lowest BCUT2D eigenvalue weighted by Crippen LogP contribution is -2.45. The Hall–Kier alpha value is -1.39. The summed E-state index contributed by atoms with van der Waals surface area (Å²) >= 11 is 0. The first-order chi connectivity index (χ1) is 9.70. The summed E-state index contributed by atoms with van der Waals surface area (Å²) in [5.41, 5.74) is 0.612. The molecule has 20 heavy (non-hydrogen) atoms. The monoisotopic (exact) mass is 275 g/mol. The van der Waals surface area contributed by atoms with Crippen LogP contribution >= 0.6 is 0 Å². The predicted molar refractivity (Wildman–Crippen MR) is 75.7 cm³/mol. The molecule has 2 aliphatic rings. The highest BCUT2D eigenvalue weighted by molar-refractivity contribution is 5.89. The zero-order valence-corrected chi connectivity index (χ0v) is 11.8. The molecule has 0 aliphatic carbocycles. The van der Waals surface area contributed by atoms with E-state index in [-0.39, 0.29) is 12.1 Å². The number of nitrogens with zero attached hydrogens (tertiary/aromatic N) is 1. The van der Waals surface area contributed by atoms with E-state index in [0.717, 1.165) is 19.6 Å². The van der Waals surface area contributed by atoms with Crippen molar-refractivity contribution in [3.05, 3.63) is 35.9 Å². The van der Waals surface area contributed by atoms with Crippen LogP contribution in [0.4, 0.5) is 0 Å². The molecule has 2 saturated heterocycles. The molecule has 3 rings (SSSR count). The van der Waals surface area contributed by atoms with E-state index in [4.69, 9.17) is 9.47 Å². The van der Waals surface area contributed by atoms with Gasteiger partial charge in [0.2, 0.25) is 0 Å². The summed E-state index contributed by atoms with van der Waals surface area (Å²) in [6.07, 6.45) is 3.00. The SMILES string of the molecule is C[C@@H](CN1C[C@@H]2CC[C@@H](C1)O2)OC(=O)c1ccccc1. The van der Waals surface area contributed by atoms with Gasteiger partial charge in [0, 0.05) is 19.6 Å². The number of carbonyl (C=O) groups is 1. The number of esters is 1. The van der Waals surface area contributed by atoms with Gasteiger partial charge in [-0.2, -0.15) is 0 Å². The Labute approximate surface area is 119 Å². The largest absolute Gasteiger partial charge is 0.458 e. The molecule has 0 radical (unpaired) electrons. The van der Waals surface area contributed by atoms with Crippen LogP contribution in [0.5, 0.6) is 0 Å². The summed E-state index contributed by atoms with van der Waals surface area (Å²) < 4.78 is 11.3. The van der Waals surface area contributed by atoms with E-state index in [1.54, 1.807) is 12.1 Å².